The molecule has 0 saturated heterocycles. The average molecular weight is 418 g/mol. The van der Waals surface area contributed by atoms with Crippen LogP contribution < -0.4 is 21.5 Å². The predicted octanol–water partition coefficient (Wildman–Crippen LogP) is 3.20. The van der Waals surface area contributed by atoms with Crippen molar-refractivity contribution in [2.45, 2.75) is 37.8 Å². The summed E-state index contributed by atoms with van der Waals surface area (Å²) in [6, 6.07) is 11.7. The third kappa shape index (κ3) is 5.09. The molecule has 0 spiro atoms. The van der Waals surface area contributed by atoms with Gasteiger partial charge in [0.25, 0.3) is 0 Å². The quantitative estimate of drug-likeness (QED) is 0.415. The predicted molar refractivity (Wildman–Crippen MR) is 125 cm³/mol. The molecule has 5 N–H and O–H groups in total. The number of nitrogens with two attached hydrogens (primary N) is 2. The van der Waals surface area contributed by atoms with Crippen LogP contribution in [-0.2, 0) is 0 Å². The van der Waals surface area contributed by atoms with Gasteiger partial charge in [-0.05, 0) is 55.3 Å². The first kappa shape index (κ1) is 20.6. The number of anilines is 1. The number of pyridine rings is 1. The Morgan fingerprint density at radius 3 is 2.77 bits per heavy atom. The average Bonchev–Trinajstić information content (AvgIpc) is 2.79. The lowest BCUT2D eigenvalue weighted by Crippen LogP contribution is -2.38. The Bertz CT molecular complexity index is 1090. The van der Waals surface area contributed by atoms with Crippen molar-refractivity contribution in [3.05, 3.63) is 54.1 Å². The Kier molecular flexibility index (Phi) is 6.26. The van der Waals surface area contributed by atoms with E-state index in [9.17, 15) is 0 Å². The van der Waals surface area contributed by atoms with Crippen LogP contribution in [0.25, 0.3) is 23.1 Å². The minimum absolute atomic E-state index is 0.0156. The second kappa shape index (κ2) is 9.42. The zero-order valence-corrected chi connectivity index (χ0v) is 17.5. The third-order valence-electron chi connectivity index (χ3n) is 5.38. The summed E-state index contributed by atoms with van der Waals surface area (Å²) in [5.41, 5.74) is 13.0. The van der Waals surface area contributed by atoms with Gasteiger partial charge in [0.1, 0.15) is 11.6 Å². The zero-order valence-electron chi connectivity index (χ0n) is 17.5. The van der Waals surface area contributed by atoms with Crippen LogP contribution in [0.1, 0.15) is 37.2 Å². The van der Waals surface area contributed by atoms with Gasteiger partial charge >= 0.3 is 0 Å². The van der Waals surface area contributed by atoms with E-state index in [-0.39, 0.29) is 18.0 Å². The number of nitrogens with one attached hydrogen (secondary N) is 1. The van der Waals surface area contributed by atoms with Gasteiger partial charge in [-0.25, -0.2) is 15.0 Å². The molecule has 1 aromatic carbocycles. The van der Waals surface area contributed by atoms with Gasteiger partial charge < -0.3 is 21.5 Å². The molecule has 0 aliphatic heterocycles. The molecule has 1 aliphatic carbocycles. The van der Waals surface area contributed by atoms with Crippen molar-refractivity contribution in [2.24, 2.45) is 16.5 Å². The smallest absolute Gasteiger partial charge is 0.186 e. The number of methoxy groups -OCH3 is 1. The molecular weight excluding hydrogens is 390 g/mol. The number of aliphatic imine (C=N–C) groups is 1. The molecule has 3 aromatic rings. The first-order chi connectivity index (χ1) is 15.1. The highest BCUT2D eigenvalue weighted by Crippen LogP contribution is 2.29. The number of guanidine groups is 1. The van der Waals surface area contributed by atoms with Gasteiger partial charge in [0, 0.05) is 11.6 Å². The molecule has 2 atom stereocenters. The molecule has 1 fully saturated rings. The van der Waals surface area contributed by atoms with E-state index in [2.05, 4.69) is 15.3 Å². The summed E-state index contributed by atoms with van der Waals surface area (Å²) in [4.78, 5) is 18.3. The largest absolute Gasteiger partial charge is 0.497 e. The topological polar surface area (TPSA) is 124 Å². The molecule has 8 heteroatoms. The molecular formula is C23H27N7O. The number of ether oxygens (including phenoxy) is 1. The highest BCUT2D eigenvalue weighted by atomic mass is 16.5. The number of hydrogen-bond donors (Lipinski definition) is 3. The van der Waals surface area contributed by atoms with Crippen molar-refractivity contribution in [1.29, 1.82) is 0 Å². The normalized spacial score (nSPS) is 18.7. The summed E-state index contributed by atoms with van der Waals surface area (Å²) in [5.74, 6) is 2.21. The second-order valence-corrected chi connectivity index (χ2v) is 7.56. The molecule has 4 rings (SSSR count). The molecule has 1 saturated carbocycles. The third-order valence-corrected chi connectivity index (χ3v) is 5.38. The molecule has 8 nitrogen and oxygen atoms in total. The maximum absolute atomic E-state index is 5.67. The van der Waals surface area contributed by atoms with Crippen LogP contribution in [0, 0.1) is 0 Å². The highest BCUT2D eigenvalue weighted by Gasteiger charge is 2.26. The van der Waals surface area contributed by atoms with Crippen molar-refractivity contribution in [2.75, 3.05) is 12.4 Å². The van der Waals surface area contributed by atoms with Gasteiger partial charge in [0.15, 0.2) is 11.8 Å². The fraction of sp³-hybridized carbons (Fsp3) is 0.304. The summed E-state index contributed by atoms with van der Waals surface area (Å²) in [7, 11) is 1.65. The lowest BCUT2D eigenvalue weighted by Gasteiger charge is -2.30. The van der Waals surface area contributed by atoms with Crippen LogP contribution in [0.4, 0.5) is 5.82 Å². The van der Waals surface area contributed by atoms with Gasteiger partial charge in [0.2, 0.25) is 0 Å². The van der Waals surface area contributed by atoms with Crippen LogP contribution in [-0.4, -0.2) is 40.1 Å². The standard InChI is InChI=1S/C23H27N7O/c1-31-16-10-11-18-17(14-16)22(28-19-7-2-3-8-20(19)29-23(24)25)30-21(27-18)12-9-15-6-4-5-13-26-15/h4-6,9-14,19-20H,2-3,7-8H2,1H3,(H4,24,25,29)(H,27,28,30)/b12-9+. The van der Waals surface area contributed by atoms with Gasteiger partial charge in [-0.1, -0.05) is 18.9 Å². The number of hydrogen-bond acceptors (Lipinski definition) is 6. The SMILES string of the molecule is COc1ccc2nc(/C=C/c3ccccn3)nc(NC3CCCCC3N=C(N)N)c2c1. The monoisotopic (exact) mass is 417 g/mol. The maximum atomic E-state index is 5.67. The van der Waals surface area contributed by atoms with E-state index in [1.54, 1.807) is 13.3 Å². The Hall–Kier alpha value is -3.68. The molecule has 0 bridgehead atoms. The van der Waals surface area contributed by atoms with Gasteiger partial charge in [0.05, 0.1) is 30.4 Å². The molecule has 160 valence electrons. The van der Waals surface area contributed by atoms with Crippen LogP contribution >= 0.6 is 0 Å². The van der Waals surface area contributed by atoms with Crippen LogP contribution in [0.15, 0.2) is 47.6 Å². The van der Waals surface area contributed by atoms with Gasteiger partial charge in [-0.2, -0.15) is 0 Å². The first-order valence-corrected chi connectivity index (χ1v) is 10.4. The van der Waals surface area contributed by atoms with Crippen molar-refractivity contribution in [3.63, 3.8) is 0 Å². The van der Waals surface area contributed by atoms with E-state index in [1.807, 2.05) is 48.6 Å². The number of rotatable bonds is 6. The van der Waals surface area contributed by atoms with Crippen LogP contribution in [0.3, 0.4) is 0 Å². The molecule has 0 radical (unpaired) electrons. The summed E-state index contributed by atoms with van der Waals surface area (Å²) < 4.78 is 5.42. The molecule has 2 aromatic heterocycles. The Morgan fingerprint density at radius 2 is 2.00 bits per heavy atom. The molecule has 1 aliphatic rings. The zero-order chi connectivity index (χ0) is 21.6. The minimum Gasteiger partial charge on any atom is -0.497 e. The van der Waals surface area contributed by atoms with E-state index in [1.165, 1.54) is 0 Å². The lowest BCUT2D eigenvalue weighted by molar-refractivity contribution is 0.405. The Labute approximate surface area is 181 Å². The molecule has 2 heterocycles. The van der Waals surface area contributed by atoms with E-state index < -0.39 is 0 Å². The summed E-state index contributed by atoms with van der Waals surface area (Å²) in [6.45, 7) is 0. The van der Waals surface area contributed by atoms with E-state index in [0.29, 0.717) is 5.82 Å². The van der Waals surface area contributed by atoms with Crippen molar-refractivity contribution < 1.29 is 4.74 Å². The first-order valence-electron chi connectivity index (χ1n) is 10.4. The van der Waals surface area contributed by atoms with Crippen LogP contribution in [0.5, 0.6) is 5.75 Å². The number of aromatic nitrogens is 3. The van der Waals surface area contributed by atoms with Gasteiger partial charge in [-0.15, -0.1) is 0 Å². The number of nitrogens with zero attached hydrogens (tertiary/aromatic N) is 4. The Morgan fingerprint density at radius 1 is 1.13 bits per heavy atom. The van der Waals surface area contributed by atoms with Crippen molar-refractivity contribution >= 4 is 34.8 Å². The van der Waals surface area contributed by atoms with E-state index in [0.717, 1.165) is 53.8 Å². The highest BCUT2D eigenvalue weighted by molar-refractivity contribution is 5.91. The lowest BCUT2D eigenvalue weighted by atomic mass is 9.90. The fourth-order valence-electron chi connectivity index (χ4n) is 3.87. The molecule has 2 unspecified atom stereocenters. The van der Waals surface area contributed by atoms with E-state index >= 15 is 0 Å². The van der Waals surface area contributed by atoms with Gasteiger partial charge in [-0.3, -0.25) is 4.98 Å². The molecule has 31 heavy (non-hydrogen) atoms. The second-order valence-electron chi connectivity index (χ2n) is 7.56. The summed E-state index contributed by atoms with van der Waals surface area (Å²) >= 11 is 0. The fourth-order valence-corrected chi connectivity index (χ4v) is 3.87. The number of benzene rings is 1. The summed E-state index contributed by atoms with van der Waals surface area (Å²) in [6.07, 6.45) is 9.66. The number of fused-ring (bicyclic) bond motifs is 1. The van der Waals surface area contributed by atoms with Crippen molar-refractivity contribution in [3.8, 4) is 5.75 Å². The van der Waals surface area contributed by atoms with Crippen molar-refractivity contribution in [1.82, 2.24) is 15.0 Å². The molecule has 0 amide bonds. The minimum atomic E-state index is 0.0156. The van der Waals surface area contributed by atoms with E-state index in [4.69, 9.17) is 26.2 Å². The van der Waals surface area contributed by atoms with Crippen LogP contribution in [0.2, 0.25) is 0 Å². The maximum Gasteiger partial charge on any atom is 0.186 e. The summed E-state index contributed by atoms with van der Waals surface area (Å²) in [5, 5.41) is 4.49. The Balaban J connectivity index is 1.72.